The Labute approximate surface area is 124 Å². The van der Waals surface area contributed by atoms with Crippen molar-refractivity contribution in [2.24, 2.45) is 5.92 Å². The molecule has 1 aliphatic rings. The first-order valence-electron chi connectivity index (χ1n) is 7.06. The zero-order valence-electron chi connectivity index (χ0n) is 12.4. The molecule has 0 saturated carbocycles. The van der Waals surface area contributed by atoms with Crippen molar-refractivity contribution in [1.82, 2.24) is 14.5 Å². The van der Waals surface area contributed by atoms with Crippen LogP contribution in [0.15, 0.2) is 11.4 Å². The van der Waals surface area contributed by atoms with Gasteiger partial charge >= 0.3 is 5.97 Å². The average molecular weight is 297 g/mol. The lowest BCUT2D eigenvalue weighted by Crippen LogP contribution is -2.19. The van der Waals surface area contributed by atoms with Crippen molar-refractivity contribution in [3.8, 4) is 0 Å². The summed E-state index contributed by atoms with van der Waals surface area (Å²) in [6, 6.07) is 0. The summed E-state index contributed by atoms with van der Waals surface area (Å²) in [5.74, 6) is 0.312. The summed E-state index contributed by atoms with van der Waals surface area (Å²) in [4.78, 5) is 17.5. The molecule has 1 fully saturated rings. The fraction of sp³-hybridized carbons (Fsp3) is 0.714. The van der Waals surface area contributed by atoms with Crippen molar-refractivity contribution in [3.05, 3.63) is 11.9 Å². The molecule has 1 saturated heterocycles. The number of hydrogen-bond acceptors (Lipinski definition) is 4. The maximum absolute atomic E-state index is 10.7. The van der Waals surface area contributed by atoms with Gasteiger partial charge in [0.2, 0.25) is 0 Å². The highest BCUT2D eigenvalue weighted by Gasteiger charge is 2.23. The third-order valence-corrected chi connectivity index (χ3v) is 4.67. The Balaban J connectivity index is 2.13. The molecule has 1 N–H and O–H groups in total. The molecule has 112 valence electrons. The number of carboxylic acid groups (broad SMARTS) is 1. The number of nitrogens with zero attached hydrogens (tertiary/aromatic N) is 3. The zero-order chi connectivity index (χ0) is 14.7. The van der Waals surface area contributed by atoms with Crippen LogP contribution in [-0.2, 0) is 11.3 Å². The van der Waals surface area contributed by atoms with Crippen molar-refractivity contribution in [2.45, 2.75) is 37.9 Å². The van der Waals surface area contributed by atoms with E-state index in [0.717, 1.165) is 24.8 Å². The lowest BCUT2D eigenvalue weighted by molar-refractivity contribution is -0.133. The van der Waals surface area contributed by atoms with Gasteiger partial charge in [-0.25, -0.2) is 4.98 Å². The fourth-order valence-corrected chi connectivity index (χ4v) is 3.41. The molecule has 0 radical (unpaired) electrons. The van der Waals surface area contributed by atoms with Crippen LogP contribution in [0.4, 0.5) is 0 Å². The normalized spacial score (nSPS) is 19.9. The van der Waals surface area contributed by atoms with E-state index in [-0.39, 0.29) is 5.75 Å². The van der Waals surface area contributed by atoms with E-state index in [1.54, 1.807) is 0 Å². The van der Waals surface area contributed by atoms with Crippen LogP contribution in [-0.4, -0.2) is 51.4 Å². The third kappa shape index (κ3) is 3.76. The van der Waals surface area contributed by atoms with Crippen molar-refractivity contribution in [1.29, 1.82) is 0 Å². The van der Waals surface area contributed by atoms with E-state index in [2.05, 4.69) is 35.3 Å². The minimum atomic E-state index is -0.795. The predicted molar refractivity (Wildman–Crippen MR) is 80.3 cm³/mol. The first-order chi connectivity index (χ1) is 9.47. The summed E-state index contributed by atoms with van der Waals surface area (Å²) < 4.78 is 2.22. The van der Waals surface area contributed by atoms with E-state index >= 15 is 0 Å². The number of aromatic nitrogens is 2. The summed E-state index contributed by atoms with van der Waals surface area (Å²) in [5, 5.41) is 9.67. The van der Waals surface area contributed by atoms with Crippen molar-refractivity contribution >= 4 is 17.7 Å². The highest BCUT2D eigenvalue weighted by molar-refractivity contribution is 7.99. The largest absolute Gasteiger partial charge is 0.481 e. The third-order valence-electron chi connectivity index (χ3n) is 3.70. The molecule has 2 rings (SSSR count). The summed E-state index contributed by atoms with van der Waals surface area (Å²) in [5.41, 5.74) is 1.20. The summed E-state index contributed by atoms with van der Waals surface area (Å²) in [6.45, 7) is 7.51. The molecule has 1 aromatic heterocycles. The Morgan fingerprint density at radius 2 is 2.35 bits per heavy atom. The maximum atomic E-state index is 10.7. The van der Waals surface area contributed by atoms with E-state index in [0.29, 0.717) is 11.8 Å². The SMILES string of the molecule is CC(C)c1cnc(SCC(=O)O)n1CC1CCN(C)C1. The van der Waals surface area contributed by atoms with E-state index in [1.807, 2.05) is 6.20 Å². The number of imidazole rings is 1. The lowest BCUT2D eigenvalue weighted by atomic mass is 10.1. The van der Waals surface area contributed by atoms with Crippen LogP contribution in [0, 0.1) is 5.92 Å². The van der Waals surface area contributed by atoms with Crippen LogP contribution in [0.5, 0.6) is 0 Å². The minimum Gasteiger partial charge on any atom is -0.481 e. The maximum Gasteiger partial charge on any atom is 0.313 e. The number of rotatable bonds is 6. The molecule has 0 aromatic carbocycles. The van der Waals surface area contributed by atoms with Gasteiger partial charge < -0.3 is 14.6 Å². The molecular formula is C14H23N3O2S. The van der Waals surface area contributed by atoms with E-state index in [4.69, 9.17) is 5.11 Å². The van der Waals surface area contributed by atoms with Crippen LogP contribution >= 0.6 is 11.8 Å². The molecule has 0 spiro atoms. The molecule has 1 aromatic rings. The Morgan fingerprint density at radius 3 is 2.90 bits per heavy atom. The van der Waals surface area contributed by atoms with Gasteiger partial charge in [0.05, 0.1) is 5.75 Å². The van der Waals surface area contributed by atoms with Crippen LogP contribution in [0.2, 0.25) is 0 Å². The molecule has 6 heteroatoms. The quantitative estimate of drug-likeness (QED) is 0.815. The number of thioether (sulfide) groups is 1. The highest BCUT2D eigenvalue weighted by Crippen LogP contribution is 2.26. The Morgan fingerprint density at radius 1 is 1.60 bits per heavy atom. The molecule has 20 heavy (non-hydrogen) atoms. The van der Waals surface area contributed by atoms with Gasteiger partial charge in [-0.3, -0.25) is 4.79 Å². The molecule has 0 amide bonds. The molecule has 1 aliphatic heterocycles. The van der Waals surface area contributed by atoms with E-state index < -0.39 is 5.97 Å². The van der Waals surface area contributed by atoms with Crippen LogP contribution in [0.1, 0.15) is 31.9 Å². The smallest absolute Gasteiger partial charge is 0.313 e. The summed E-state index contributed by atoms with van der Waals surface area (Å²) >= 11 is 1.32. The lowest BCUT2D eigenvalue weighted by Gasteiger charge is -2.17. The zero-order valence-corrected chi connectivity index (χ0v) is 13.2. The first-order valence-corrected chi connectivity index (χ1v) is 8.04. The molecule has 5 nitrogen and oxygen atoms in total. The highest BCUT2D eigenvalue weighted by atomic mass is 32.2. The second-order valence-electron chi connectivity index (χ2n) is 5.83. The van der Waals surface area contributed by atoms with Crippen LogP contribution in [0.25, 0.3) is 0 Å². The van der Waals surface area contributed by atoms with Gasteiger partial charge in [-0.1, -0.05) is 25.6 Å². The van der Waals surface area contributed by atoms with Gasteiger partial charge in [-0.05, 0) is 31.8 Å². The predicted octanol–water partition coefficient (Wildman–Crippen LogP) is 2.13. The van der Waals surface area contributed by atoms with Gasteiger partial charge in [0.15, 0.2) is 5.16 Å². The second-order valence-corrected chi connectivity index (χ2v) is 6.77. The number of aliphatic carboxylic acids is 1. The van der Waals surface area contributed by atoms with Crippen molar-refractivity contribution in [3.63, 3.8) is 0 Å². The molecule has 0 bridgehead atoms. The molecule has 0 aliphatic carbocycles. The second kappa shape index (κ2) is 6.63. The molecular weight excluding hydrogens is 274 g/mol. The number of carboxylic acids is 1. The molecule has 2 heterocycles. The molecule has 1 unspecified atom stereocenters. The number of likely N-dealkylation sites (tertiary alicyclic amines) is 1. The monoisotopic (exact) mass is 297 g/mol. The van der Waals surface area contributed by atoms with Crippen molar-refractivity contribution in [2.75, 3.05) is 25.9 Å². The van der Waals surface area contributed by atoms with Crippen molar-refractivity contribution < 1.29 is 9.90 Å². The fourth-order valence-electron chi connectivity index (χ4n) is 2.69. The average Bonchev–Trinajstić information content (AvgIpc) is 2.94. The number of hydrogen-bond donors (Lipinski definition) is 1. The van der Waals surface area contributed by atoms with Gasteiger partial charge in [-0.15, -0.1) is 0 Å². The summed E-state index contributed by atoms with van der Waals surface area (Å²) in [6.07, 6.45) is 3.10. The Bertz CT molecular complexity index is 473. The first kappa shape index (κ1) is 15.4. The Hall–Kier alpha value is -1.01. The van der Waals surface area contributed by atoms with Gasteiger partial charge in [0, 0.05) is 25.0 Å². The standard InChI is InChI=1S/C14H23N3O2S/c1-10(2)12-6-15-14(20-9-13(18)19)17(12)8-11-4-5-16(3)7-11/h6,10-11H,4-5,7-9H2,1-3H3,(H,18,19). The molecule has 1 atom stereocenters. The van der Waals surface area contributed by atoms with E-state index in [1.165, 1.54) is 23.9 Å². The summed E-state index contributed by atoms with van der Waals surface area (Å²) in [7, 11) is 2.15. The Kier molecular flexibility index (Phi) is 5.10. The van der Waals surface area contributed by atoms with Gasteiger partial charge in [0.25, 0.3) is 0 Å². The van der Waals surface area contributed by atoms with Crippen LogP contribution in [0.3, 0.4) is 0 Å². The minimum absolute atomic E-state index is 0.0686. The van der Waals surface area contributed by atoms with Gasteiger partial charge in [-0.2, -0.15) is 0 Å². The number of carbonyl (C=O) groups is 1. The topological polar surface area (TPSA) is 58.4 Å². The van der Waals surface area contributed by atoms with E-state index in [9.17, 15) is 4.79 Å². The van der Waals surface area contributed by atoms with Crippen LogP contribution < -0.4 is 0 Å². The van der Waals surface area contributed by atoms with Gasteiger partial charge in [0.1, 0.15) is 0 Å².